The second-order valence-corrected chi connectivity index (χ2v) is 6.91. The first-order valence-electron chi connectivity index (χ1n) is 9.73. The molecule has 0 radical (unpaired) electrons. The van der Waals surface area contributed by atoms with E-state index in [-0.39, 0.29) is 17.6 Å². The van der Waals surface area contributed by atoms with Crippen LogP contribution in [0.2, 0.25) is 0 Å². The molecule has 1 aromatic heterocycles. The number of nitrogens with two attached hydrogens (primary N) is 1. The zero-order chi connectivity index (χ0) is 21.3. The fraction of sp³-hybridized carbons (Fsp3) is 0.227. The molecule has 0 aliphatic carbocycles. The summed E-state index contributed by atoms with van der Waals surface area (Å²) in [5.74, 6) is -0.383. The Morgan fingerprint density at radius 2 is 1.80 bits per heavy atom. The molecule has 2 aromatic carbocycles. The normalized spacial score (nSPS) is 11.6. The average molecular weight is 407 g/mol. The molecule has 0 unspecified atom stereocenters. The molecular weight excluding hydrogens is 382 g/mol. The van der Waals surface area contributed by atoms with E-state index in [9.17, 15) is 14.7 Å². The number of benzene rings is 2. The zero-order valence-corrected chi connectivity index (χ0v) is 16.5. The van der Waals surface area contributed by atoms with E-state index in [2.05, 4.69) is 20.8 Å². The largest absolute Gasteiger partial charge is 0.508 e. The molecule has 8 nitrogen and oxygen atoms in total. The first-order chi connectivity index (χ1) is 14.5. The summed E-state index contributed by atoms with van der Waals surface area (Å²) in [6.07, 6.45) is 0.899. The second-order valence-electron chi connectivity index (χ2n) is 6.91. The van der Waals surface area contributed by atoms with E-state index in [1.165, 1.54) is 0 Å². The topological polar surface area (TPSA) is 133 Å². The van der Waals surface area contributed by atoms with Gasteiger partial charge in [0, 0.05) is 18.7 Å². The summed E-state index contributed by atoms with van der Waals surface area (Å²) in [5, 5.41) is 21.9. The summed E-state index contributed by atoms with van der Waals surface area (Å²) in [7, 11) is 0. The minimum absolute atomic E-state index is 0.143. The van der Waals surface area contributed by atoms with Crippen LogP contribution >= 0.6 is 0 Å². The van der Waals surface area contributed by atoms with Crippen molar-refractivity contribution >= 4 is 11.8 Å². The second kappa shape index (κ2) is 10.2. The average Bonchev–Trinajstić information content (AvgIpc) is 3.24. The van der Waals surface area contributed by atoms with Crippen molar-refractivity contribution in [3.63, 3.8) is 0 Å². The van der Waals surface area contributed by atoms with Crippen LogP contribution in [-0.4, -0.2) is 46.2 Å². The van der Waals surface area contributed by atoms with Crippen LogP contribution in [0.4, 0.5) is 0 Å². The Hall–Kier alpha value is -3.65. The van der Waals surface area contributed by atoms with Gasteiger partial charge in [0.1, 0.15) is 11.4 Å². The molecule has 0 saturated heterocycles. The number of nitrogens with one attached hydrogen (secondary N) is 3. The number of phenols is 1. The number of nitrogens with zero attached hydrogens (tertiary/aromatic N) is 1. The summed E-state index contributed by atoms with van der Waals surface area (Å²) < 4.78 is 0. The number of hydrogen-bond acceptors (Lipinski definition) is 5. The molecule has 1 heterocycles. The maximum Gasteiger partial charge on any atom is 0.269 e. The van der Waals surface area contributed by atoms with Crippen LogP contribution in [0.3, 0.4) is 0 Å². The Labute approximate surface area is 174 Å². The highest BCUT2D eigenvalue weighted by Gasteiger charge is 2.14. The predicted molar refractivity (Wildman–Crippen MR) is 114 cm³/mol. The van der Waals surface area contributed by atoms with Crippen molar-refractivity contribution in [2.75, 3.05) is 13.1 Å². The van der Waals surface area contributed by atoms with Crippen LogP contribution in [0, 0.1) is 0 Å². The van der Waals surface area contributed by atoms with Gasteiger partial charge in [0.05, 0.1) is 11.7 Å². The Morgan fingerprint density at radius 1 is 1.03 bits per heavy atom. The molecule has 156 valence electrons. The van der Waals surface area contributed by atoms with E-state index in [0.717, 1.165) is 11.1 Å². The summed E-state index contributed by atoms with van der Waals surface area (Å²) in [6, 6.07) is 17.2. The number of amides is 2. The minimum atomic E-state index is -0.706. The summed E-state index contributed by atoms with van der Waals surface area (Å²) in [6.45, 7) is 0.797. The fourth-order valence-electron chi connectivity index (χ4n) is 2.95. The van der Waals surface area contributed by atoms with Gasteiger partial charge in [-0.1, -0.05) is 42.5 Å². The molecule has 0 bridgehead atoms. The lowest BCUT2D eigenvalue weighted by Crippen LogP contribution is -2.42. The third-order valence-electron chi connectivity index (χ3n) is 4.53. The molecule has 0 aliphatic rings. The first kappa shape index (κ1) is 21.1. The van der Waals surface area contributed by atoms with Gasteiger partial charge in [-0.05, 0) is 36.6 Å². The summed E-state index contributed by atoms with van der Waals surface area (Å²) in [5.41, 5.74) is 8.72. The maximum atomic E-state index is 12.2. The number of aromatic amines is 1. The highest BCUT2D eigenvalue weighted by atomic mass is 16.3. The SMILES string of the molecule is N[C@@H](Cc1cccc(O)c1)C(=O)NCCCNC(=O)c1cc(-c2ccccc2)n[nH]1. The molecule has 1 atom stereocenters. The summed E-state index contributed by atoms with van der Waals surface area (Å²) >= 11 is 0. The molecule has 6 N–H and O–H groups in total. The molecular formula is C22H25N5O3. The van der Waals surface area contributed by atoms with Gasteiger partial charge in [-0.3, -0.25) is 14.7 Å². The quantitative estimate of drug-likeness (QED) is 0.344. The van der Waals surface area contributed by atoms with Crippen molar-refractivity contribution in [1.29, 1.82) is 0 Å². The lowest BCUT2D eigenvalue weighted by atomic mass is 10.1. The van der Waals surface area contributed by atoms with Crippen LogP contribution in [0.15, 0.2) is 60.7 Å². The van der Waals surface area contributed by atoms with Crippen LogP contribution in [0.25, 0.3) is 11.3 Å². The van der Waals surface area contributed by atoms with Crippen molar-refractivity contribution in [2.24, 2.45) is 5.73 Å². The molecule has 0 saturated carbocycles. The molecule has 3 rings (SSSR count). The number of phenolic OH excluding ortho intramolecular Hbond substituents is 1. The van der Waals surface area contributed by atoms with Gasteiger partial charge >= 0.3 is 0 Å². The van der Waals surface area contributed by atoms with Crippen molar-refractivity contribution in [2.45, 2.75) is 18.9 Å². The van der Waals surface area contributed by atoms with Crippen molar-refractivity contribution < 1.29 is 14.7 Å². The fourth-order valence-corrected chi connectivity index (χ4v) is 2.95. The highest BCUT2D eigenvalue weighted by Crippen LogP contribution is 2.16. The van der Waals surface area contributed by atoms with E-state index in [4.69, 9.17) is 5.73 Å². The molecule has 8 heteroatoms. The van der Waals surface area contributed by atoms with E-state index in [1.54, 1.807) is 30.3 Å². The smallest absolute Gasteiger partial charge is 0.269 e. The number of hydrogen-bond donors (Lipinski definition) is 5. The number of H-pyrrole nitrogens is 1. The van der Waals surface area contributed by atoms with Crippen LogP contribution in [0.5, 0.6) is 5.75 Å². The van der Waals surface area contributed by atoms with Gasteiger partial charge < -0.3 is 21.5 Å². The number of aromatic nitrogens is 2. The number of aromatic hydroxyl groups is 1. The van der Waals surface area contributed by atoms with E-state index in [1.807, 2.05) is 30.3 Å². The van der Waals surface area contributed by atoms with Gasteiger partial charge in [-0.2, -0.15) is 5.10 Å². The third-order valence-corrected chi connectivity index (χ3v) is 4.53. The molecule has 3 aromatic rings. The third kappa shape index (κ3) is 5.92. The van der Waals surface area contributed by atoms with Crippen molar-refractivity contribution in [3.05, 3.63) is 71.9 Å². The molecule has 0 spiro atoms. The number of carbonyl (C=O) groups excluding carboxylic acids is 2. The van der Waals surface area contributed by atoms with Gasteiger partial charge in [-0.15, -0.1) is 0 Å². The van der Waals surface area contributed by atoms with E-state index < -0.39 is 6.04 Å². The van der Waals surface area contributed by atoms with Crippen LogP contribution < -0.4 is 16.4 Å². The lowest BCUT2D eigenvalue weighted by molar-refractivity contribution is -0.122. The number of carbonyl (C=O) groups is 2. The van der Waals surface area contributed by atoms with Crippen LogP contribution in [-0.2, 0) is 11.2 Å². The van der Waals surface area contributed by atoms with Crippen LogP contribution in [0.1, 0.15) is 22.5 Å². The van der Waals surface area contributed by atoms with E-state index >= 15 is 0 Å². The number of rotatable bonds is 9. The monoisotopic (exact) mass is 407 g/mol. The summed E-state index contributed by atoms with van der Waals surface area (Å²) in [4.78, 5) is 24.3. The zero-order valence-electron chi connectivity index (χ0n) is 16.5. The molecule has 0 fully saturated rings. The molecule has 30 heavy (non-hydrogen) atoms. The van der Waals surface area contributed by atoms with Gasteiger partial charge in [0.15, 0.2) is 0 Å². The Kier molecular flexibility index (Phi) is 7.18. The van der Waals surface area contributed by atoms with Gasteiger partial charge in [0.25, 0.3) is 5.91 Å². The first-order valence-corrected chi connectivity index (χ1v) is 9.73. The Bertz CT molecular complexity index is 987. The minimum Gasteiger partial charge on any atom is -0.508 e. The van der Waals surface area contributed by atoms with Crippen molar-refractivity contribution in [1.82, 2.24) is 20.8 Å². The van der Waals surface area contributed by atoms with Gasteiger partial charge in [0.2, 0.25) is 5.91 Å². The predicted octanol–water partition coefficient (Wildman–Crippen LogP) is 1.59. The van der Waals surface area contributed by atoms with E-state index in [0.29, 0.717) is 37.3 Å². The molecule has 2 amide bonds. The Morgan fingerprint density at radius 3 is 2.57 bits per heavy atom. The van der Waals surface area contributed by atoms with Crippen molar-refractivity contribution in [3.8, 4) is 17.0 Å². The Balaban J connectivity index is 1.36. The lowest BCUT2D eigenvalue weighted by Gasteiger charge is -2.12. The standard InChI is InChI=1S/C22H25N5O3/c23-18(13-15-6-4-9-17(28)12-15)21(29)24-10-5-11-25-22(30)20-14-19(26-27-20)16-7-2-1-3-8-16/h1-4,6-9,12,14,18,28H,5,10-11,13,23H2,(H,24,29)(H,25,30)(H,26,27)/t18-/m0/s1. The maximum absolute atomic E-state index is 12.2. The van der Waals surface area contributed by atoms with Gasteiger partial charge in [-0.25, -0.2) is 0 Å². The highest BCUT2D eigenvalue weighted by molar-refractivity contribution is 5.93. The molecule has 0 aliphatic heterocycles.